The Bertz CT molecular complexity index is 711. The van der Waals surface area contributed by atoms with Crippen molar-refractivity contribution in [3.8, 4) is 0 Å². The fourth-order valence-corrected chi connectivity index (χ4v) is 3.25. The molecule has 0 amide bonds. The number of rotatable bonds is 8. The van der Waals surface area contributed by atoms with E-state index in [2.05, 4.69) is 45.2 Å². The van der Waals surface area contributed by atoms with Crippen molar-refractivity contribution in [2.45, 2.75) is 72.7 Å². The summed E-state index contributed by atoms with van der Waals surface area (Å²) in [6, 6.07) is 0. The first-order valence-corrected chi connectivity index (χ1v) is 10.6. The summed E-state index contributed by atoms with van der Waals surface area (Å²) in [7, 11) is 0. The predicted octanol–water partition coefficient (Wildman–Crippen LogP) is 5.72. The van der Waals surface area contributed by atoms with Gasteiger partial charge in [-0.15, -0.1) is 13.2 Å². The second-order valence-corrected chi connectivity index (χ2v) is 8.43. The van der Waals surface area contributed by atoms with Gasteiger partial charge in [0.05, 0.1) is 25.0 Å². The van der Waals surface area contributed by atoms with Gasteiger partial charge in [-0.25, -0.2) is 0 Å². The average Bonchev–Trinajstić information content (AvgIpc) is 2.66. The highest BCUT2D eigenvalue weighted by molar-refractivity contribution is 6.00. The molecule has 0 aromatic rings. The molecule has 1 heterocycles. The minimum absolute atomic E-state index is 0.00518. The average molecular weight is 418 g/mol. The molecular formula is C25H39NO4. The Morgan fingerprint density at radius 3 is 2.40 bits per heavy atom. The highest BCUT2D eigenvalue weighted by Crippen LogP contribution is 2.34. The van der Waals surface area contributed by atoms with Crippen molar-refractivity contribution in [1.82, 2.24) is 0 Å². The molecule has 5 nitrogen and oxygen atoms in total. The molecule has 0 radical (unpaired) electrons. The number of allylic oxidation sites excluding steroid dienone is 4. The molecule has 2 rings (SSSR count). The monoisotopic (exact) mass is 417 g/mol. The van der Waals surface area contributed by atoms with Gasteiger partial charge in [-0.1, -0.05) is 34.0 Å². The van der Waals surface area contributed by atoms with Gasteiger partial charge in [-0.05, 0) is 71.1 Å². The summed E-state index contributed by atoms with van der Waals surface area (Å²) in [6.07, 6.45) is 9.02. The van der Waals surface area contributed by atoms with Crippen LogP contribution in [0.5, 0.6) is 0 Å². The summed E-state index contributed by atoms with van der Waals surface area (Å²) in [5.74, 6) is 0.00518. The van der Waals surface area contributed by atoms with Crippen LogP contribution in [0.2, 0.25) is 0 Å². The summed E-state index contributed by atoms with van der Waals surface area (Å²) >= 11 is 0. The zero-order valence-electron chi connectivity index (χ0n) is 19.3. The van der Waals surface area contributed by atoms with Crippen molar-refractivity contribution in [3.05, 3.63) is 59.3 Å². The predicted molar refractivity (Wildman–Crippen MR) is 124 cm³/mol. The largest absolute Gasteiger partial charge is 0.411 e. The number of ether oxygens (including phenoxy) is 2. The number of aliphatic hydroxyl groups is 1. The van der Waals surface area contributed by atoms with Gasteiger partial charge in [0.2, 0.25) is 0 Å². The third kappa shape index (κ3) is 9.24. The first-order chi connectivity index (χ1) is 14.2. The van der Waals surface area contributed by atoms with E-state index in [4.69, 9.17) is 14.7 Å². The molecule has 0 fully saturated rings. The lowest BCUT2D eigenvalue weighted by Crippen LogP contribution is -2.39. The molecule has 2 aliphatic rings. The molecule has 30 heavy (non-hydrogen) atoms. The van der Waals surface area contributed by atoms with Gasteiger partial charge in [0.1, 0.15) is 0 Å². The maximum Gasteiger partial charge on any atom is 0.177 e. The first kappa shape index (κ1) is 26.1. The standard InChI is InChI=1S/C16H23NO4.C9H16/c1-10(2)4-5-20-16-7-12(9-18)13-8-14(17-19)11(3)6-15(13)21-16;1-8(2)6-5-7-9(3)4/h6-7,13,15-16,18-19H,1,4-5,8-9H2,2-3H3;7H,1,5-6H2,2-4H3/b17-14-;. The van der Waals surface area contributed by atoms with E-state index in [0.29, 0.717) is 18.7 Å². The van der Waals surface area contributed by atoms with E-state index in [-0.39, 0.29) is 18.6 Å². The number of hydrogen-bond acceptors (Lipinski definition) is 5. The Morgan fingerprint density at radius 2 is 1.87 bits per heavy atom. The van der Waals surface area contributed by atoms with Crippen molar-refractivity contribution in [3.63, 3.8) is 0 Å². The molecule has 168 valence electrons. The number of aliphatic hydroxyl groups excluding tert-OH is 1. The minimum atomic E-state index is -0.454. The highest BCUT2D eigenvalue weighted by Gasteiger charge is 2.36. The van der Waals surface area contributed by atoms with Crippen LogP contribution in [-0.2, 0) is 9.47 Å². The Morgan fingerprint density at radius 1 is 1.20 bits per heavy atom. The number of hydrogen-bond donors (Lipinski definition) is 2. The van der Waals surface area contributed by atoms with E-state index < -0.39 is 6.29 Å². The summed E-state index contributed by atoms with van der Waals surface area (Å²) in [5, 5.41) is 21.9. The van der Waals surface area contributed by atoms with E-state index in [1.807, 2.05) is 26.0 Å². The zero-order valence-corrected chi connectivity index (χ0v) is 19.3. The second kappa shape index (κ2) is 13.4. The van der Waals surface area contributed by atoms with Gasteiger partial charge in [-0.3, -0.25) is 0 Å². The molecule has 1 aliphatic carbocycles. The van der Waals surface area contributed by atoms with Crippen LogP contribution in [0.3, 0.4) is 0 Å². The Hall–Kier alpha value is -1.95. The molecule has 0 spiro atoms. The lowest BCUT2D eigenvalue weighted by molar-refractivity contribution is -0.148. The zero-order chi connectivity index (χ0) is 22.7. The lowest BCUT2D eigenvalue weighted by atomic mass is 9.80. The fourth-order valence-electron chi connectivity index (χ4n) is 3.25. The van der Waals surface area contributed by atoms with Crippen molar-refractivity contribution in [2.75, 3.05) is 13.2 Å². The van der Waals surface area contributed by atoms with Gasteiger partial charge in [0.25, 0.3) is 0 Å². The summed E-state index contributed by atoms with van der Waals surface area (Å²) in [4.78, 5) is 0. The molecular weight excluding hydrogens is 378 g/mol. The SMILES string of the molecule is C=C(C)CCC=C(C)C.C=C(C)CCOC1C=C(CO)C2C/C(=N/O)C(C)=CC2O1. The van der Waals surface area contributed by atoms with Crippen LogP contribution < -0.4 is 0 Å². The van der Waals surface area contributed by atoms with Crippen molar-refractivity contribution >= 4 is 5.71 Å². The second-order valence-electron chi connectivity index (χ2n) is 8.43. The van der Waals surface area contributed by atoms with E-state index in [0.717, 1.165) is 36.0 Å². The van der Waals surface area contributed by atoms with E-state index in [9.17, 15) is 5.11 Å². The maximum atomic E-state index is 9.57. The van der Waals surface area contributed by atoms with Gasteiger partial charge in [-0.2, -0.15) is 0 Å². The molecule has 2 N–H and O–H groups in total. The number of fused-ring (bicyclic) bond motifs is 1. The normalized spacial score (nSPS) is 24.1. The van der Waals surface area contributed by atoms with Crippen LogP contribution >= 0.6 is 0 Å². The third-order valence-electron chi connectivity index (χ3n) is 5.03. The summed E-state index contributed by atoms with van der Waals surface area (Å²) in [6.45, 7) is 18.3. The summed E-state index contributed by atoms with van der Waals surface area (Å²) < 4.78 is 11.6. The Balaban J connectivity index is 0.000000424. The summed E-state index contributed by atoms with van der Waals surface area (Å²) in [5.41, 5.74) is 6.15. The third-order valence-corrected chi connectivity index (χ3v) is 5.03. The smallest absolute Gasteiger partial charge is 0.177 e. The molecule has 0 aromatic heterocycles. The molecule has 3 unspecified atom stereocenters. The fraction of sp³-hybridized carbons (Fsp3) is 0.560. The van der Waals surface area contributed by atoms with Crippen molar-refractivity contribution in [1.29, 1.82) is 0 Å². The number of oxime groups is 1. The van der Waals surface area contributed by atoms with E-state index in [1.54, 1.807) is 0 Å². The molecule has 0 bridgehead atoms. The van der Waals surface area contributed by atoms with Crippen LogP contribution in [0.15, 0.2) is 64.4 Å². The Labute approximate surface area is 182 Å². The molecule has 0 aromatic carbocycles. The topological polar surface area (TPSA) is 71.3 Å². The first-order valence-electron chi connectivity index (χ1n) is 10.6. The molecule has 1 aliphatic heterocycles. The molecule has 0 saturated carbocycles. The van der Waals surface area contributed by atoms with E-state index in [1.165, 1.54) is 11.1 Å². The highest BCUT2D eigenvalue weighted by atomic mass is 16.7. The van der Waals surface area contributed by atoms with E-state index >= 15 is 0 Å². The van der Waals surface area contributed by atoms with Crippen molar-refractivity contribution < 1.29 is 19.8 Å². The van der Waals surface area contributed by atoms with Gasteiger partial charge in [0, 0.05) is 12.3 Å². The van der Waals surface area contributed by atoms with Crippen LogP contribution in [0.25, 0.3) is 0 Å². The van der Waals surface area contributed by atoms with Crippen LogP contribution in [0.1, 0.15) is 60.3 Å². The minimum Gasteiger partial charge on any atom is -0.411 e. The van der Waals surface area contributed by atoms with Gasteiger partial charge < -0.3 is 19.8 Å². The van der Waals surface area contributed by atoms with Crippen LogP contribution in [0.4, 0.5) is 0 Å². The maximum absolute atomic E-state index is 9.57. The number of nitrogens with zero attached hydrogens (tertiary/aromatic N) is 1. The lowest BCUT2D eigenvalue weighted by Gasteiger charge is -2.37. The van der Waals surface area contributed by atoms with Crippen LogP contribution in [0, 0.1) is 5.92 Å². The quantitative estimate of drug-likeness (QED) is 0.301. The molecule has 5 heteroatoms. The van der Waals surface area contributed by atoms with Gasteiger partial charge >= 0.3 is 0 Å². The van der Waals surface area contributed by atoms with Crippen molar-refractivity contribution in [2.24, 2.45) is 11.1 Å². The Kier molecular flexibility index (Phi) is 11.6. The molecule has 3 atom stereocenters. The van der Waals surface area contributed by atoms with Gasteiger partial charge in [0.15, 0.2) is 6.29 Å². The van der Waals surface area contributed by atoms with Crippen LogP contribution in [-0.4, -0.2) is 41.6 Å². The molecule has 0 saturated heterocycles.